The van der Waals surface area contributed by atoms with E-state index in [1.807, 2.05) is 6.92 Å². The third kappa shape index (κ3) is 7.78. The third-order valence-electron chi connectivity index (χ3n) is 5.94. The molecule has 1 rings (SSSR count). The molecule has 1 N–H and O–H groups in total. The molecule has 3 unspecified atom stereocenters. The number of carbonyl (C=O) groups excluding carboxylic acids is 1. The van der Waals surface area contributed by atoms with Crippen LogP contribution in [0, 0.1) is 11.3 Å². The lowest BCUT2D eigenvalue weighted by Crippen LogP contribution is -2.38. The Morgan fingerprint density at radius 2 is 1.65 bits per heavy atom. The summed E-state index contributed by atoms with van der Waals surface area (Å²) in [5.74, 6) is 0.787. The average molecular weight is 363 g/mol. The van der Waals surface area contributed by atoms with E-state index in [-0.39, 0.29) is 11.5 Å². The first kappa shape index (κ1) is 23.1. The first-order valence-corrected chi connectivity index (χ1v) is 11.1. The second-order valence-corrected chi connectivity index (χ2v) is 8.24. The number of hydrogen-bond donors (Lipinski definition) is 1. The van der Waals surface area contributed by atoms with Gasteiger partial charge >= 0.3 is 0 Å². The Morgan fingerprint density at radius 3 is 2.27 bits per heavy atom. The molecule has 1 aliphatic rings. The molecule has 0 radical (unpaired) electrons. The standard InChI is InChI=1S/C24H42O2/c1-4-6-8-9-12-16-23(26)24(19-13-10-14-20-24)22(15-11-7-5-2)18-17-21(3)25/h10,13-14,19,21-22,25H,4-9,11-12,15-18,20H2,1-3H3. The second-order valence-electron chi connectivity index (χ2n) is 8.24. The monoisotopic (exact) mass is 362 g/mol. The lowest BCUT2D eigenvalue weighted by Gasteiger charge is -2.39. The SMILES string of the molecule is CCCCCCCC(=O)C1(C(CCCCC)CCC(C)O)C=CC=CC1. The van der Waals surface area contributed by atoms with E-state index >= 15 is 0 Å². The van der Waals surface area contributed by atoms with Crippen molar-refractivity contribution in [2.75, 3.05) is 0 Å². The number of unbranched alkanes of at least 4 members (excludes halogenated alkanes) is 6. The third-order valence-corrected chi connectivity index (χ3v) is 5.94. The molecule has 26 heavy (non-hydrogen) atoms. The van der Waals surface area contributed by atoms with E-state index in [0.29, 0.717) is 18.1 Å². The molecule has 0 bridgehead atoms. The summed E-state index contributed by atoms with van der Waals surface area (Å²) in [7, 11) is 0. The zero-order valence-electron chi connectivity index (χ0n) is 17.5. The maximum Gasteiger partial charge on any atom is 0.143 e. The zero-order chi connectivity index (χ0) is 19.3. The van der Waals surface area contributed by atoms with Gasteiger partial charge in [0.1, 0.15) is 5.78 Å². The number of ketones is 1. The second kappa shape index (κ2) is 13.3. The molecule has 0 spiro atoms. The molecule has 0 aromatic heterocycles. The Morgan fingerprint density at radius 1 is 0.962 bits per heavy atom. The number of allylic oxidation sites excluding steroid dienone is 4. The number of rotatable bonds is 15. The highest BCUT2D eigenvalue weighted by Gasteiger charge is 2.41. The van der Waals surface area contributed by atoms with Crippen LogP contribution in [0.3, 0.4) is 0 Å². The van der Waals surface area contributed by atoms with Crippen LogP contribution in [0.4, 0.5) is 0 Å². The van der Waals surface area contributed by atoms with Crippen molar-refractivity contribution in [2.24, 2.45) is 11.3 Å². The highest BCUT2D eigenvalue weighted by atomic mass is 16.3. The van der Waals surface area contributed by atoms with Crippen molar-refractivity contribution < 1.29 is 9.90 Å². The van der Waals surface area contributed by atoms with Crippen molar-refractivity contribution in [3.05, 3.63) is 24.3 Å². The topological polar surface area (TPSA) is 37.3 Å². The molecule has 1 aliphatic carbocycles. The first-order chi connectivity index (χ1) is 12.6. The van der Waals surface area contributed by atoms with Crippen molar-refractivity contribution in [2.45, 2.75) is 110 Å². The Labute approximate surface area is 162 Å². The molecule has 0 aliphatic heterocycles. The zero-order valence-corrected chi connectivity index (χ0v) is 17.5. The van der Waals surface area contributed by atoms with Gasteiger partial charge in [-0.15, -0.1) is 0 Å². The predicted molar refractivity (Wildman–Crippen MR) is 112 cm³/mol. The van der Waals surface area contributed by atoms with Gasteiger partial charge in [-0.3, -0.25) is 4.79 Å². The van der Waals surface area contributed by atoms with E-state index in [2.05, 4.69) is 38.2 Å². The largest absolute Gasteiger partial charge is 0.393 e. The Hall–Kier alpha value is -0.890. The van der Waals surface area contributed by atoms with Crippen molar-refractivity contribution >= 4 is 5.78 Å². The van der Waals surface area contributed by atoms with E-state index in [1.54, 1.807) is 0 Å². The van der Waals surface area contributed by atoms with Crippen molar-refractivity contribution in [3.63, 3.8) is 0 Å². The van der Waals surface area contributed by atoms with Gasteiger partial charge in [0.15, 0.2) is 0 Å². The smallest absolute Gasteiger partial charge is 0.143 e. The number of Topliss-reactive ketones (excluding diaryl/α,β-unsaturated/α-hetero) is 1. The highest BCUT2D eigenvalue weighted by Crippen LogP contribution is 2.44. The molecule has 150 valence electrons. The molecule has 0 saturated carbocycles. The summed E-state index contributed by atoms with van der Waals surface area (Å²) in [6.07, 6.45) is 22.2. The Kier molecular flexibility index (Phi) is 11.8. The van der Waals surface area contributed by atoms with Crippen LogP contribution in [0.2, 0.25) is 0 Å². The van der Waals surface area contributed by atoms with E-state index in [1.165, 1.54) is 44.9 Å². The van der Waals surface area contributed by atoms with E-state index in [9.17, 15) is 9.90 Å². The lowest BCUT2D eigenvalue weighted by molar-refractivity contribution is -0.129. The van der Waals surface area contributed by atoms with Gasteiger partial charge in [-0.25, -0.2) is 0 Å². The van der Waals surface area contributed by atoms with Crippen LogP contribution >= 0.6 is 0 Å². The van der Waals surface area contributed by atoms with Crippen LogP contribution in [0.5, 0.6) is 0 Å². The molecular formula is C24H42O2. The summed E-state index contributed by atoms with van der Waals surface area (Å²) in [5.41, 5.74) is -0.331. The molecule has 0 amide bonds. The van der Waals surface area contributed by atoms with Crippen LogP contribution in [0.25, 0.3) is 0 Å². The van der Waals surface area contributed by atoms with Gasteiger partial charge in [0.25, 0.3) is 0 Å². The Bertz CT molecular complexity index is 435. The number of aliphatic hydroxyl groups is 1. The first-order valence-electron chi connectivity index (χ1n) is 11.1. The van der Waals surface area contributed by atoms with Gasteiger partial charge in [-0.2, -0.15) is 0 Å². The maximum atomic E-state index is 13.3. The summed E-state index contributed by atoms with van der Waals surface area (Å²) in [4.78, 5) is 13.3. The van der Waals surface area contributed by atoms with Gasteiger partial charge in [-0.1, -0.05) is 83.1 Å². The molecule has 0 heterocycles. The minimum atomic E-state index is -0.331. The van der Waals surface area contributed by atoms with Gasteiger partial charge in [0, 0.05) is 6.42 Å². The van der Waals surface area contributed by atoms with Crippen LogP contribution in [0.15, 0.2) is 24.3 Å². The molecule has 2 nitrogen and oxygen atoms in total. The predicted octanol–water partition coefficient (Wildman–Crippen LogP) is 6.78. The number of hydrogen-bond acceptors (Lipinski definition) is 2. The maximum absolute atomic E-state index is 13.3. The van der Waals surface area contributed by atoms with Gasteiger partial charge in [0.05, 0.1) is 11.5 Å². The lowest BCUT2D eigenvalue weighted by atomic mass is 9.64. The van der Waals surface area contributed by atoms with Gasteiger partial charge < -0.3 is 5.11 Å². The minimum Gasteiger partial charge on any atom is -0.393 e. The molecule has 0 aromatic rings. The van der Waals surface area contributed by atoms with E-state index in [0.717, 1.165) is 32.1 Å². The van der Waals surface area contributed by atoms with Crippen LogP contribution in [-0.4, -0.2) is 17.0 Å². The van der Waals surface area contributed by atoms with Crippen molar-refractivity contribution in [1.82, 2.24) is 0 Å². The van der Waals surface area contributed by atoms with E-state index in [4.69, 9.17) is 0 Å². The summed E-state index contributed by atoms with van der Waals surface area (Å²) in [6, 6.07) is 0. The molecule has 0 fully saturated rings. The molecule has 0 saturated heterocycles. The summed E-state index contributed by atoms with van der Waals surface area (Å²) < 4.78 is 0. The average Bonchev–Trinajstić information content (AvgIpc) is 2.64. The van der Waals surface area contributed by atoms with Gasteiger partial charge in [0.2, 0.25) is 0 Å². The summed E-state index contributed by atoms with van der Waals surface area (Å²) in [6.45, 7) is 6.32. The normalized spacial score (nSPS) is 21.7. The van der Waals surface area contributed by atoms with Crippen LogP contribution in [-0.2, 0) is 4.79 Å². The molecule has 2 heteroatoms. The van der Waals surface area contributed by atoms with Crippen LogP contribution in [0.1, 0.15) is 104 Å². The Balaban J connectivity index is 2.80. The van der Waals surface area contributed by atoms with Crippen LogP contribution < -0.4 is 0 Å². The fourth-order valence-electron chi connectivity index (χ4n) is 4.24. The number of carbonyl (C=O) groups is 1. The highest BCUT2D eigenvalue weighted by molar-refractivity contribution is 5.87. The van der Waals surface area contributed by atoms with Crippen molar-refractivity contribution in [3.8, 4) is 0 Å². The van der Waals surface area contributed by atoms with Crippen molar-refractivity contribution in [1.29, 1.82) is 0 Å². The fourth-order valence-corrected chi connectivity index (χ4v) is 4.24. The molecule has 0 aromatic carbocycles. The molecular weight excluding hydrogens is 320 g/mol. The number of aliphatic hydroxyl groups excluding tert-OH is 1. The van der Waals surface area contributed by atoms with E-state index < -0.39 is 0 Å². The minimum absolute atomic E-state index is 0.284. The summed E-state index contributed by atoms with van der Waals surface area (Å²) in [5, 5.41) is 9.80. The molecule has 3 atom stereocenters. The quantitative estimate of drug-likeness (QED) is 0.326. The van der Waals surface area contributed by atoms with Gasteiger partial charge in [-0.05, 0) is 44.9 Å². The summed E-state index contributed by atoms with van der Waals surface area (Å²) >= 11 is 0. The fraction of sp³-hybridized carbons (Fsp3) is 0.792.